The zero-order valence-corrected chi connectivity index (χ0v) is 16.4. The number of aromatic nitrogens is 2. The summed E-state index contributed by atoms with van der Waals surface area (Å²) in [5.74, 6) is 0. The van der Waals surface area contributed by atoms with Crippen LogP contribution in [0.25, 0.3) is 15.9 Å². The van der Waals surface area contributed by atoms with E-state index in [9.17, 15) is 13.2 Å². The highest BCUT2D eigenvalue weighted by atomic mass is 35.5. The molecule has 0 N–H and O–H groups in total. The van der Waals surface area contributed by atoms with Crippen LogP contribution in [0, 0.1) is 0 Å². The number of halogens is 1. The topological polar surface area (TPSA) is 81.0 Å². The Morgan fingerprint density at radius 3 is 2.65 bits per heavy atom. The summed E-state index contributed by atoms with van der Waals surface area (Å²) in [6.07, 6.45) is 1.33. The molecule has 3 heterocycles. The van der Waals surface area contributed by atoms with Crippen molar-refractivity contribution < 1.29 is 13.2 Å². The van der Waals surface area contributed by atoms with Gasteiger partial charge in [-0.15, -0.1) is 11.3 Å². The van der Waals surface area contributed by atoms with Crippen molar-refractivity contribution in [3.8, 4) is 0 Å². The van der Waals surface area contributed by atoms with Gasteiger partial charge in [0, 0.05) is 24.7 Å². The molecular weight excluding hydrogens is 398 g/mol. The second-order valence-corrected chi connectivity index (χ2v) is 9.54. The Morgan fingerprint density at radius 2 is 1.96 bits per heavy atom. The Morgan fingerprint density at radius 1 is 1.27 bits per heavy atom. The Kier molecular flexibility index (Phi) is 4.31. The van der Waals surface area contributed by atoms with Crippen LogP contribution >= 0.6 is 22.9 Å². The number of sulfonamides is 1. The molecule has 0 saturated carbocycles. The molecule has 2 atom stereocenters. The van der Waals surface area contributed by atoms with Gasteiger partial charge in [-0.1, -0.05) is 11.6 Å². The summed E-state index contributed by atoms with van der Waals surface area (Å²) >= 11 is 7.65. The molecule has 10 heteroatoms. The minimum atomic E-state index is -3.86. The van der Waals surface area contributed by atoms with Crippen LogP contribution in [0.3, 0.4) is 0 Å². The minimum Gasteiger partial charge on any atom is -0.373 e. The predicted molar refractivity (Wildman–Crippen MR) is 101 cm³/mol. The lowest BCUT2D eigenvalue weighted by Gasteiger charge is -2.34. The number of morpholine rings is 1. The van der Waals surface area contributed by atoms with Gasteiger partial charge in [0.25, 0.3) is 5.56 Å². The highest BCUT2D eigenvalue weighted by Crippen LogP contribution is 2.30. The molecule has 1 aromatic carbocycles. The number of nitrogens with zero attached hydrogens (tertiary/aromatic N) is 3. The number of hydrogen-bond acceptors (Lipinski definition) is 6. The van der Waals surface area contributed by atoms with Crippen LogP contribution in [-0.4, -0.2) is 47.4 Å². The molecule has 4 rings (SSSR count). The van der Waals surface area contributed by atoms with E-state index in [0.29, 0.717) is 10.5 Å². The number of rotatable bonds is 2. The molecular formula is C16H16ClN3O4S2. The summed E-state index contributed by atoms with van der Waals surface area (Å²) in [7, 11) is -3.86. The standard InChI is InChI=1S/C16H16ClN3O4S2/c1-9-7-19(8-10(2)24-9)26(22,23)14-5-11-13(6-12(14)17)20-3-4-25-16(20)18-15(11)21/h3-6,9-10H,7-8H2,1-2H3/t9-,10-/m1/s1. The summed E-state index contributed by atoms with van der Waals surface area (Å²) in [5.41, 5.74) is 0.0631. The van der Waals surface area contributed by atoms with Crippen molar-refractivity contribution in [1.82, 2.24) is 13.7 Å². The van der Waals surface area contributed by atoms with E-state index in [0.717, 1.165) is 0 Å². The summed E-state index contributed by atoms with van der Waals surface area (Å²) in [4.78, 5) is 16.8. The highest BCUT2D eigenvalue weighted by Gasteiger charge is 2.34. The molecule has 1 fully saturated rings. The van der Waals surface area contributed by atoms with E-state index in [1.54, 1.807) is 16.0 Å². The first-order valence-electron chi connectivity index (χ1n) is 8.02. The van der Waals surface area contributed by atoms with E-state index in [1.165, 1.54) is 27.8 Å². The smallest absolute Gasteiger partial charge is 0.281 e. The van der Waals surface area contributed by atoms with Gasteiger partial charge in [-0.25, -0.2) is 8.42 Å². The van der Waals surface area contributed by atoms with Gasteiger partial charge in [0.15, 0.2) is 4.96 Å². The van der Waals surface area contributed by atoms with Crippen LogP contribution in [-0.2, 0) is 14.8 Å². The highest BCUT2D eigenvalue weighted by molar-refractivity contribution is 7.89. The van der Waals surface area contributed by atoms with Crippen LogP contribution in [0.4, 0.5) is 0 Å². The van der Waals surface area contributed by atoms with E-state index in [4.69, 9.17) is 16.3 Å². The number of benzene rings is 1. The Balaban J connectivity index is 1.91. The first-order valence-corrected chi connectivity index (χ1v) is 10.7. The average molecular weight is 414 g/mol. The van der Waals surface area contributed by atoms with E-state index in [2.05, 4.69) is 4.98 Å². The number of ether oxygens (including phenoxy) is 1. The van der Waals surface area contributed by atoms with Crippen LogP contribution in [0.1, 0.15) is 13.8 Å². The Hall–Kier alpha value is -1.52. The third kappa shape index (κ3) is 2.84. The van der Waals surface area contributed by atoms with Gasteiger partial charge in [0.1, 0.15) is 4.90 Å². The molecule has 0 spiro atoms. The summed E-state index contributed by atoms with van der Waals surface area (Å²) < 4.78 is 34.9. The van der Waals surface area contributed by atoms with Gasteiger partial charge < -0.3 is 4.74 Å². The van der Waals surface area contributed by atoms with Crippen LogP contribution < -0.4 is 5.56 Å². The fourth-order valence-electron chi connectivity index (χ4n) is 3.26. The SMILES string of the molecule is C[C@@H]1CN(S(=O)(=O)c2cc3c(=O)nc4sccn4c3cc2Cl)C[C@@H](C)O1. The maximum Gasteiger partial charge on any atom is 0.281 e. The summed E-state index contributed by atoms with van der Waals surface area (Å²) in [6, 6.07) is 2.84. The zero-order valence-electron chi connectivity index (χ0n) is 14.0. The zero-order chi connectivity index (χ0) is 18.6. The minimum absolute atomic E-state index is 0.0786. The largest absolute Gasteiger partial charge is 0.373 e. The average Bonchev–Trinajstić information content (AvgIpc) is 3.01. The van der Waals surface area contributed by atoms with E-state index in [-0.39, 0.29) is 40.6 Å². The summed E-state index contributed by atoms with van der Waals surface area (Å²) in [6.45, 7) is 4.12. The summed E-state index contributed by atoms with van der Waals surface area (Å²) in [5, 5.41) is 2.10. The maximum atomic E-state index is 13.1. The van der Waals surface area contributed by atoms with Crippen molar-refractivity contribution in [1.29, 1.82) is 0 Å². The Labute approximate surface area is 158 Å². The number of fused-ring (bicyclic) bond motifs is 3. The molecule has 1 aliphatic rings. The van der Waals surface area contributed by atoms with Crippen molar-refractivity contribution in [3.05, 3.63) is 39.1 Å². The van der Waals surface area contributed by atoms with Gasteiger partial charge >= 0.3 is 0 Å². The van der Waals surface area contributed by atoms with E-state index >= 15 is 0 Å². The van der Waals surface area contributed by atoms with Gasteiger partial charge in [0.2, 0.25) is 10.0 Å². The van der Waals surface area contributed by atoms with Crippen LogP contribution in [0.2, 0.25) is 5.02 Å². The normalized spacial score (nSPS) is 22.3. The van der Waals surface area contributed by atoms with Crippen molar-refractivity contribution in [2.75, 3.05) is 13.1 Å². The van der Waals surface area contributed by atoms with E-state index in [1.807, 2.05) is 13.8 Å². The molecule has 0 aliphatic carbocycles. The second-order valence-electron chi connectivity index (χ2n) is 6.35. The molecule has 0 unspecified atom stereocenters. The first-order chi connectivity index (χ1) is 12.3. The van der Waals surface area contributed by atoms with Crippen molar-refractivity contribution in [3.63, 3.8) is 0 Å². The van der Waals surface area contributed by atoms with Crippen molar-refractivity contribution >= 4 is 48.8 Å². The quantitative estimate of drug-likeness (QED) is 0.644. The third-order valence-electron chi connectivity index (χ3n) is 4.33. The molecule has 1 aliphatic heterocycles. The van der Waals surface area contributed by atoms with Gasteiger partial charge in [-0.05, 0) is 26.0 Å². The van der Waals surface area contributed by atoms with Crippen LogP contribution in [0.5, 0.6) is 0 Å². The van der Waals surface area contributed by atoms with E-state index < -0.39 is 15.6 Å². The van der Waals surface area contributed by atoms with Crippen molar-refractivity contribution in [2.24, 2.45) is 0 Å². The molecule has 138 valence electrons. The fraction of sp³-hybridized carbons (Fsp3) is 0.375. The monoisotopic (exact) mass is 413 g/mol. The molecule has 0 amide bonds. The first kappa shape index (κ1) is 17.9. The van der Waals surface area contributed by atoms with Gasteiger partial charge in [0.05, 0.1) is 28.1 Å². The molecule has 26 heavy (non-hydrogen) atoms. The third-order valence-corrected chi connectivity index (χ3v) is 7.38. The lowest BCUT2D eigenvalue weighted by molar-refractivity contribution is -0.0440. The fourth-order valence-corrected chi connectivity index (χ4v) is 6.09. The molecule has 3 aromatic rings. The molecule has 0 radical (unpaired) electrons. The van der Waals surface area contributed by atoms with Gasteiger partial charge in [-0.2, -0.15) is 9.29 Å². The second kappa shape index (κ2) is 6.28. The molecule has 0 bridgehead atoms. The number of thiazole rings is 1. The van der Waals surface area contributed by atoms with Crippen molar-refractivity contribution in [2.45, 2.75) is 31.0 Å². The number of hydrogen-bond donors (Lipinski definition) is 0. The Bertz CT molecular complexity index is 1160. The predicted octanol–water partition coefficient (Wildman–Crippen LogP) is 2.36. The molecule has 2 aromatic heterocycles. The lowest BCUT2D eigenvalue weighted by Crippen LogP contribution is -2.48. The molecule has 1 saturated heterocycles. The maximum absolute atomic E-state index is 13.1. The van der Waals surface area contributed by atoms with Crippen LogP contribution in [0.15, 0.2) is 33.4 Å². The molecule has 7 nitrogen and oxygen atoms in total. The van der Waals surface area contributed by atoms with Gasteiger partial charge in [-0.3, -0.25) is 9.20 Å². The lowest BCUT2D eigenvalue weighted by atomic mass is 10.2.